The molecule has 4 aromatic rings. The second-order valence-electron chi connectivity index (χ2n) is 11.7. The van der Waals surface area contributed by atoms with Gasteiger partial charge in [-0.05, 0) is 92.4 Å². The molecule has 0 aromatic heterocycles. The Labute approximate surface area is 260 Å². The molecule has 0 amide bonds. The first-order chi connectivity index (χ1) is 21.2. The summed E-state index contributed by atoms with van der Waals surface area (Å²) in [4.78, 5) is 0. The fourth-order valence-corrected chi connectivity index (χ4v) is 6.37. The molecule has 0 aliphatic heterocycles. The molecule has 5 rings (SSSR count). The van der Waals surface area contributed by atoms with E-state index in [1.807, 2.05) is 72.8 Å². The molecular weight excluding hydrogens is 544 g/mol. The lowest BCUT2D eigenvalue weighted by atomic mass is 9.87. The van der Waals surface area contributed by atoms with Gasteiger partial charge in [-0.25, -0.2) is 0 Å². The molecule has 0 saturated heterocycles. The molecular formula is C40H40O4. The zero-order valence-corrected chi connectivity index (χ0v) is 25.2. The largest absolute Gasteiger partial charge is 0.507 e. The van der Waals surface area contributed by atoms with E-state index in [0.29, 0.717) is 95.9 Å². The average molecular weight is 585 g/mol. The maximum Gasteiger partial charge on any atom is 0.122 e. The molecule has 44 heavy (non-hydrogen) atoms. The molecule has 0 unspecified atom stereocenters. The molecule has 4 nitrogen and oxygen atoms in total. The Hall–Kier alpha value is -4.96. The molecule has 8 bridgehead atoms. The molecule has 0 heterocycles. The summed E-state index contributed by atoms with van der Waals surface area (Å²) in [5.74, 6) is 0.581. The van der Waals surface area contributed by atoms with E-state index in [1.165, 1.54) is 0 Å². The van der Waals surface area contributed by atoms with Gasteiger partial charge in [0.25, 0.3) is 0 Å². The van der Waals surface area contributed by atoms with Crippen LogP contribution in [0.15, 0.2) is 99.2 Å². The minimum atomic E-state index is 0.145. The standard InChI is InChI=1S/C40H40O4/c1-5-9-25-13-29-21-31-15-26(10-6-2)17-33(38(31)42)23-35-19-28(12-8-4)20-36(40(35)44)24-34-18-27(11-7-3)16-32(39(34)43)22-30(14-25)37(29)41/h5-8,13-20,41-44H,1-4,9-12,21-24H2. The number of phenolic OH excluding ortho intramolecular Hbond substituents is 4. The summed E-state index contributed by atoms with van der Waals surface area (Å²) in [5.41, 5.74) is 9.42. The van der Waals surface area contributed by atoms with E-state index >= 15 is 0 Å². The predicted molar refractivity (Wildman–Crippen MR) is 179 cm³/mol. The molecule has 0 fully saturated rings. The van der Waals surface area contributed by atoms with Gasteiger partial charge < -0.3 is 20.4 Å². The van der Waals surface area contributed by atoms with Crippen molar-refractivity contribution in [3.63, 3.8) is 0 Å². The van der Waals surface area contributed by atoms with Gasteiger partial charge in [0.1, 0.15) is 23.0 Å². The van der Waals surface area contributed by atoms with Crippen LogP contribution in [-0.4, -0.2) is 20.4 Å². The van der Waals surface area contributed by atoms with Gasteiger partial charge in [-0.1, -0.05) is 72.8 Å². The third-order valence-electron chi connectivity index (χ3n) is 8.35. The zero-order chi connectivity index (χ0) is 31.4. The van der Waals surface area contributed by atoms with Crippen molar-refractivity contribution in [3.8, 4) is 23.0 Å². The summed E-state index contributed by atoms with van der Waals surface area (Å²) in [5, 5.41) is 46.4. The smallest absolute Gasteiger partial charge is 0.122 e. The molecule has 4 heteroatoms. The molecule has 1 aliphatic carbocycles. The van der Waals surface area contributed by atoms with Crippen LogP contribution < -0.4 is 0 Å². The number of allylic oxidation sites excluding steroid dienone is 4. The van der Waals surface area contributed by atoms with Crippen LogP contribution in [0.2, 0.25) is 0 Å². The van der Waals surface area contributed by atoms with Crippen molar-refractivity contribution >= 4 is 0 Å². The van der Waals surface area contributed by atoms with E-state index < -0.39 is 0 Å². The Morgan fingerprint density at radius 1 is 0.364 bits per heavy atom. The van der Waals surface area contributed by atoms with Gasteiger partial charge in [-0.3, -0.25) is 0 Å². The second kappa shape index (κ2) is 13.1. The minimum Gasteiger partial charge on any atom is -0.507 e. The van der Waals surface area contributed by atoms with E-state index in [4.69, 9.17) is 0 Å². The van der Waals surface area contributed by atoms with Gasteiger partial charge in [0.2, 0.25) is 0 Å². The van der Waals surface area contributed by atoms with Gasteiger partial charge in [-0.2, -0.15) is 0 Å². The van der Waals surface area contributed by atoms with Crippen LogP contribution in [0.5, 0.6) is 23.0 Å². The summed E-state index contributed by atoms with van der Waals surface area (Å²) in [7, 11) is 0. The number of hydrogen-bond donors (Lipinski definition) is 4. The number of fused-ring (bicyclic) bond motifs is 8. The van der Waals surface area contributed by atoms with E-state index in [0.717, 1.165) is 22.3 Å². The molecule has 0 radical (unpaired) electrons. The average Bonchev–Trinajstić information content (AvgIpc) is 2.98. The number of aromatic hydroxyl groups is 4. The van der Waals surface area contributed by atoms with Gasteiger partial charge in [0, 0.05) is 25.7 Å². The second-order valence-corrected chi connectivity index (χ2v) is 11.7. The monoisotopic (exact) mass is 584 g/mol. The van der Waals surface area contributed by atoms with Crippen molar-refractivity contribution in [1.82, 2.24) is 0 Å². The van der Waals surface area contributed by atoms with Crippen LogP contribution in [0.25, 0.3) is 0 Å². The number of phenols is 4. The van der Waals surface area contributed by atoms with Crippen LogP contribution in [0.4, 0.5) is 0 Å². The highest BCUT2D eigenvalue weighted by Crippen LogP contribution is 2.39. The van der Waals surface area contributed by atoms with Crippen molar-refractivity contribution in [2.24, 2.45) is 0 Å². The highest BCUT2D eigenvalue weighted by Gasteiger charge is 2.21. The fourth-order valence-electron chi connectivity index (χ4n) is 6.37. The SMILES string of the molecule is C=CCc1cc2c(O)c(c1)Cc1cc(CC=C)cc(c1O)Cc1cc(CC=C)cc(c1O)Cc1cc(CC=C)cc(c1O)C2. The Morgan fingerprint density at radius 3 is 0.659 bits per heavy atom. The molecule has 1 aliphatic rings. The van der Waals surface area contributed by atoms with Crippen LogP contribution in [-0.2, 0) is 51.4 Å². The van der Waals surface area contributed by atoms with Crippen molar-refractivity contribution in [3.05, 3.63) is 166 Å². The normalized spacial score (nSPS) is 12.4. The molecule has 0 saturated carbocycles. The first kappa shape index (κ1) is 30.5. The zero-order valence-electron chi connectivity index (χ0n) is 25.2. The summed E-state index contributed by atoms with van der Waals surface area (Å²) in [6, 6.07) is 15.7. The third kappa shape index (κ3) is 6.35. The first-order valence-corrected chi connectivity index (χ1v) is 15.0. The minimum absolute atomic E-state index is 0.145. The number of benzene rings is 4. The van der Waals surface area contributed by atoms with Gasteiger partial charge >= 0.3 is 0 Å². The van der Waals surface area contributed by atoms with Gasteiger partial charge in [0.15, 0.2) is 0 Å². The molecule has 4 N–H and O–H groups in total. The highest BCUT2D eigenvalue weighted by atomic mass is 16.3. The van der Waals surface area contributed by atoms with E-state index in [-0.39, 0.29) is 23.0 Å². The van der Waals surface area contributed by atoms with Gasteiger partial charge in [0.05, 0.1) is 0 Å². The molecule has 224 valence electrons. The van der Waals surface area contributed by atoms with Crippen molar-refractivity contribution in [2.45, 2.75) is 51.4 Å². The maximum atomic E-state index is 11.6. The Bertz CT molecular complexity index is 1420. The van der Waals surface area contributed by atoms with Gasteiger partial charge in [-0.15, -0.1) is 26.3 Å². The summed E-state index contributed by atoms with van der Waals surface area (Å²) in [6.45, 7) is 15.6. The van der Waals surface area contributed by atoms with Crippen molar-refractivity contribution in [1.29, 1.82) is 0 Å². The van der Waals surface area contributed by atoms with Crippen molar-refractivity contribution < 1.29 is 20.4 Å². The highest BCUT2D eigenvalue weighted by molar-refractivity contribution is 5.57. The lowest BCUT2D eigenvalue weighted by Gasteiger charge is -2.20. The summed E-state index contributed by atoms with van der Waals surface area (Å²) >= 11 is 0. The van der Waals surface area contributed by atoms with Crippen LogP contribution >= 0.6 is 0 Å². The number of hydrogen-bond acceptors (Lipinski definition) is 4. The van der Waals surface area contributed by atoms with Crippen LogP contribution in [0.3, 0.4) is 0 Å². The predicted octanol–water partition coefficient (Wildman–Crippen LogP) is 8.10. The first-order valence-electron chi connectivity index (χ1n) is 15.0. The van der Waals surface area contributed by atoms with Crippen LogP contribution in [0, 0.1) is 0 Å². The Balaban J connectivity index is 1.81. The summed E-state index contributed by atoms with van der Waals surface area (Å²) in [6.07, 6.45) is 11.0. The number of rotatable bonds is 8. The lowest BCUT2D eigenvalue weighted by Crippen LogP contribution is -2.04. The Kier molecular flexibility index (Phi) is 9.10. The lowest BCUT2D eigenvalue weighted by molar-refractivity contribution is 0.450. The van der Waals surface area contributed by atoms with E-state index in [2.05, 4.69) is 26.3 Å². The molecule has 4 aromatic carbocycles. The third-order valence-corrected chi connectivity index (χ3v) is 8.35. The molecule has 0 atom stereocenters. The van der Waals surface area contributed by atoms with E-state index in [9.17, 15) is 20.4 Å². The maximum absolute atomic E-state index is 11.6. The van der Waals surface area contributed by atoms with E-state index in [1.54, 1.807) is 0 Å². The Morgan fingerprint density at radius 2 is 0.523 bits per heavy atom. The van der Waals surface area contributed by atoms with Crippen LogP contribution in [0.1, 0.15) is 66.8 Å². The summed E-state index contributed by atoms with van der Waals surface area (Å²) < 4.78 is 0. The quantitative estimate of drug-likeness (QED) is 0.139. The van der Waals surface area contributed by atoms with Crippen molar-refractivity contribution in [2.75, 3.05) is 0 Å². The topological polar surface area (TPSA) is 80.9 Å². The molecule has 0 spiro atoms. The fraction of sp³-hybridized carbons (Fsp3) is 0.200.